The van der Waals surface area contributed by atoms with Crippen LogP contribution < -0.4 is 10.5 Å². The Morgan fingerprint density at radius 2 is 2.00 bits per heavy atom. The molecule has 0 aliphatic heterocycles. The van der Waals surface area contributed by atoms with Gasteiger partial charge in [-0.15, -0.1) is 0 Å². The summed E-state index contributed by atoms with van der Waals surface area (Å²) in [6.45, 7) is 3.91. The van der Waals surface area contributed by atoms with E-state index in [-0.39, 0.29) is 6.04 Å². The number of hydrogen-bond acceptors (Lipinski definition) is 3. The third kappa shape index (κ3) is 3.33. The Morgan fingerprint density at radius 1 is 1.35 bits per heavy atom. The summed E-state index contributed by atoms with van der Waals surface area (Å²) in [6, 6.07) is 5.08. The van der Waals surface area contributed by atoms with E-state index in [2.05, 4.69) is 4.72 Å². The first kappa shape index (κ1) is 15.3. The molecule has 20 heavy (non-hydrogen) atoms. The fourth-order valence-corrected chi connectivity index (χ4v) is 4.63. The SMILES string of the molecule is CCc1ccc(N)cc1S(=O)(=O)NC(C)C1CCCC1. The molecule has 1 fully saturated rings. The first-order chi connectivity index (χ1) is 9.44. The number of hydrogen-bond donors (Lipinski definition) is 2. The van der Waals surface area contributed by atoms with E-state index in [9.17, 15) is 8.42 Å². The van der Waals surface area contributed by atoms with Gasteiger partial charge in [0.1, 0.15) is 0 Å². The Bertz CT molecular complexity index is 563. The number of nitrogen functional groups attached to an aromatic ring is 1. The standard InChI is InChI=1S/C15H24N2O2S/c1-3-12-8-9-14(16)10-15(12)20(18,19)17-11(2)13-6-4-5-7-13/h8-11,13,17H,3-7,16H2,1-2H3. The van der Waals surface area contributed by atoms with Gasteiger partial charge in [0, 0.05) is 11.7 Å². The molecule has 3 N–H and O–H groups in total. The lowest BCUT2D eigenvalue weighted by Gasteiger charge is -2.21. The van der Waals surface area contributed by atoms with Crippen molar-refractivity contribution in [2.75, 3.05) is 5.73 Å². The summed E-state index contributed by atoms with van der Waals surface area (Å²) in [5.41, 5.74) is 7.03. The van der Waals surface area contributed by atoms with Gasteiger partial charge in [0.2, 0.25) is 10.0 Å². The van der Waals surface area contributed by atoms with Crippen LogP contribution in [0.1, 0.15) is 45.1 Å². The average Bonchev–Trinajstić information content (AvgIpc) is 2.92. The molecule has 0 saturated heterocycles. The number of rotatable bonds is 5. The lowest BCUT2D eigenvalue weighted by atomic mass is 10.0. The summed E-state index contributed by atoms with van der Waals surface area (Å²) in [5, 5.41) is 0. The van der Waals surface area contributed by atoms with Gasteiger partial charge in [-0.25, -0.2) is 13.1 Å². The van der Waals surface area contributed by atoms with Gasteiger partial charge in [0.25, 0.3) is 0 Å². The van der Waals surface area contributed by atoms with Crippen molar-refractivity contribution in [2.45, 2.75) is 56.9 Å². The molecule has 1 aromatic rings. The summed E-state index contributed by atoms with van der Waals surface area (Å²) in [7, 11) is -3.49. The fraction of sp³-hybridized carbons (Fsp3) is 0.600. The second kappa shape index (κ2) is 6.14. The second-order valence-corrected chi connectivity index (χ2v) is 7.36. The highest BCUT2D eigenvalue weighted by atomic mass is 32.2. The van der Waals surface area contributed by atoms with Crippen molar-refractivity contribution in [3.8, 4) is 0 Å². The van der Waals surface area contributed by atoms with Gasteiger partial charge < -0.3 is 5.73 Å². The summed E-state index contributed by atoms with van der Waals surface area (Å²) >= 11 is 0. The lowest BCUT2D eigenvalue weighted by molar-refractivity contribution is 0.424. The largest absolute Gasteiger partial charge is 0.399 e. The number of nitrogens with two attached hydrogens (primary N) is 1. The number of benzene rings is 1. The summed E-state index contributed by atoms with van der Waals surface area (Å²) in [6.07, 6.45) is 5.31. The molecule has 1 aliphatic carbocycles. The minimum Gasteiger partial charge on any atom is -0.399 e. The van der Waals surface area contributed by atoms with Crippen molar-refractivity contribution in [3.63, 3.8) is 0 Å². The van der Waals surface area contributed by atoms with Gasteiger partial charge in [-0.2, -0.15) is 0 Å². The number of sulfonamides is 1. The molecule has 0 radical (unpaired) electrons. The molecule has 5 heteroatoms. The normalized spacial score (nSPS) is 18.3. The predicted molar refractivity (Wildman–Crippen MR) is 82.0 cm³/mol. The molecule has 0 aromatic heterocycles. The van der Waals surface area contributed by atoms with Crippen LogP contribution in [0.4, 0.5) is 5.69 Å². The van der Waals surface area contributed by atoms with Gasteiger partial charge in [-0.1, -0.05) is 25.8 Å². The predicted octanol–water partition coefficient (Wildman–Crippen LogP) is 2.69. The smallest absolute Gasteiger partial charge is 0.241 e. The highest BCUT2D eigenvalue weighted by molar-refractivity contribution is 7.89. The van der Waals surface area contributed by atoms with Crippen molar-refractivity contribution >= 4 is 15.7 Å². The van der Waals surface area contributed by atoms with E-state index in [0.717, 1.165) is 18.4 Å². The van der Waals surface area contributed by atoms with Crippen LogP contribution in [0, 0.1) is 5.92 Å². The molecule has 112 valence electrons. The Kier molecular flexibility index (Phi) is 4.70. The maximum absolute atomic E-state index is 12.6. The molecule has 1 atom stereocenters. The van der Waals surface area contributed by atoms with Crippen LogP contribution in [0.5, 0.6) is 0 Å². The van der Waals surface area contributed by atoms with E-state index in [1.54, 1.807) is 18.2 Å². The van der Waals surface area contributed by atoms with Gasteiger partial charge in [0.15, 0.2) is 0 Å². The van der Waals surface area contributed by atoms with Crippen molar-refractivity contribution in [1.29, 1.82) is 0 Å². The molecule has 1 unspecified atom stereocenters. The molecular formula is C15H24N2O2S. The van der Waals surface area contributed by atoms with Crippen molar-refractivity contribution < 1.29 is 8.42 Å². The highest BCUT2D eigenvalue weighted by Gasteiger charge is 2.27. The van der Waals surface area contributed by atoms with Crippen LogP contribution in [0.2, 0.25) is 0 Å². The number of aryl methyl sites for hydroxylation is 1. The Balaban J connectivity index is 2.23. The summed E-state index contributed by atoms with van der Waals surface area (Å²) in [4.78, 5) is 0.324. The monoisotopic (exact) mass is 296 g/mol. The minimum atomic E-state index is -3.49. The van der Waals surface area contributed by atoms with Crippen LogP contribution in [-0.2, 0) is 16.4 Å². The first-order valence-electron chi connectivity index (χ1n) is 7.34. The van der Waals surface area contributed by atoms with Crippen LogP contribution in [0.3, 0.4) is 0 Å². The summed E-state index contributed by atoms with van der Waals surface area (Å²) in [5.74, 6) is 0.455. The second-order valence-electron chi connectivity index (χ2n) is 5.68. The molecule has 4 nitrogen and oxygen atoms in total. The topological polar surface area (TPSA) is 72.2 Å². The zero-order valence-electron chi connectivity index (χ0n) is 12.2. The third-order valence-electron chi connectivity index (χ3n) is 4.21. The van der Waals surface area contributed by atoms with E-state index < -0.39 is 10.0 Å². The quantitative estimate of drug-likeness (QED) is 0.821. The van der Waals surface area contributed by atoms with Crippen LogP contribution in [0.25, 0.3) is 0 Å². The Morgan fingerprint density at radius 3 is 2.60 bits per heavy atom. The molecule has 1 aliphatic rings. The van der Waals surface area contributed by atoms with Crippen LogP contribution in [0.15, 0.2) is 23.1 Å². The van der Waals surface area contributed by atoms with Crippen molar-refractivity contribution in [1.82, 2.24) is 4.72 Å². The first-order valence-corrected chi connectivity index (χ1v) is 8.83. The molecule has 2 rings (SSSR count). The molecule has 0 heterocycles. The average molecular weight is 296 g/mol. The molecule has 1 saturated carbocycles. The fourth-order valence-electron chi connectivity index (χ4n) is 2.98. The molecule has 0 amide bonds. The van der Waals surface area contributed by atoms with E-state index >= 15 is 0 Å². The van der Waals surface area contributed by atoms with Crippen molar-refractivity contribution in [2.24, 2.45) is 5.92 Å². The lowest BCUT2D eigenvalue weighted by Crippen LogP contribution is -2.37. The van der Waals surface area contributed by atoms with Gasteiger partial charge >= 0.3 is 0 Å². The highest BCUT2D eigenvalue weighted by Crippen LogP contribution is 2.29. The maximum Gasteiger partial charge on any atom is 0.241 e. The molecular weight excluding hydrogens is 272 g/mol. The van der Waals surface area contributed by atoms with E-state index in [1.165, 1.54) is 12.8 Å². The zero-order valence-corrected chi connectivity index (χ0v) is 13.0. The van der Waals surface area contributed by atoms with Crippen LogP contribution in [-0.4, -0.2) is 14.5 Å². The Labute approximate surface area is 121 Å². The minimum absolute atomic E-state index is 0.0198. The Hall–Kier alpha value is -1.07. The van der Waals surface area contributed by atoms with E-state index in [4.69, 9.17) is 5.73 Å². The molecule has 0 bridgehead atoms. The summed E-state index contributed by atoms with van der Waals surface area (Å²) < 4.78 is 28.0. The zero-order chi connectivity index (χ0) is 14.8. The van der Waals surface area contributed by atoms with Gasteiger partial charge in [0.05, 0.1) is 4.90 Å². The third-order valence-corrected chi connectivity index (χ3v) is 5.85. The van der Waals surface area contributed by atoms with Crippen LogP contribution >= 0.6 is 0 Å². The van der Waals surface area contributed by atoms with Gasteiger partial charge in [-0.3, -0.25) is 0 Å². The van der Waals surface area contributed by atoms with Crippen molar-refractivity contribution in [3.05, 3.63) is 23.8 Å². The van der Waals surface area contributed by atoms with E-state index in [0.29, 0.717) is 22.9 Å². The maximum atomic E-state index is 12.6. The molecule has 1 aromatic carbocycles. The number of nitrogens with one attached hydrogen (secondary N) is 1. The van der Waals surface area contributed by atoms with E-state index in [1.807, 2.05) is 13.8 Å². The molecule has 0 spiro atoms. The van der Waals surface area contributed by atoms with Gasteiger partial charge in [-0.05, 0) is 49.8 Å². The number of anilines is 1.